The fourth-order valence-corrected chi connectivity index (χ4v) is 4.01. The van der Waals surface area contributed by atoms with E-state index in [1.54, 1.807) is 43.4 Å². The van der Waals surface area contributed by atoms with Crippen molar-refractivity contribution < 1.29 is 23.9 Å². The molecular weight excluding hydrogens is 449 g/mol. The van der Waals surface area contributed by atoms with Crippen molar-refractivity contribution in [3.8, 4) is 0 Å². The van der Waals surface area contributed by atoms with Gasteiger partial charge in [-0.1, -0.05) is 24.3 Å². The van der Waals surface area contributed by atoms with Crippen molar-refractivity contribution in [3.63, 3.8) is 0 Å². The molecule has 0 radical (unpaired) electrons. The van der Waals surface area contributed by atoms with Crippen LogP contribution < -0.4 is 10.2 Å². The number of benzene rings is 3. The minimum atomic E-state index is -0.897. The molecule has 1 unspecified atom stereocenters. The SMILES string of the molecule is CC(=O)N(C)c1ccc(N=C(c2cccc(CCC(=O)O)c2)C2C(=O)Nc3cc(F)ccc32)cc1. The number of halogens is 1. The van der Waals surface area contributed by atoms with Crippen LogP contribution in [0.15, 0.2) is 71.7 Å². The third kappa shape index (κ3) is 5.27. The smallest absolute Gasteiger partial charge is 0.303 e. The van der Waals surface area contributed by atoms with Crippen molar-refractivity contribution in [2.75, 3.05) is 17.3 Å². The van der Waals surface area contributed by atoms with E-state index in [0.29, 0.717) is 40.3 Å². The highest BCUT2D eigenvalue weighted by Gasteiger charge is 2.35. The van der Waals surface area contributed by atoms with Gasteiger partial charge in [0.1, 0.15) is 11.7 Å². The molecule has 0 bridgehead atoms. The fraction of sp³-hybridized carbons (Fsp3) is 0.185. The first-order chi connectivity index (χ1) is 16.7. The Kier molecular flexibility index (Phi) is 6.73. The molecule has 2 N–H and O–H groups in total. The summed E-state index contributed by atoms with van der Waals surface area (Å²) in [5.74, 6) is -2.56. The molecule has 0 saturated carbocycles. The Morgan fingerprint density at radius 1 is 1.09 bits per heavy atom. The van der Waals surface area contributed by atoms with Gasteiger partial charge < -0.3 is 15.3 Å². The number of anilines is 2. The van der Waals surface area contributed by atoms with Gasteiger partial charge in [-0.15, -0.1) is 0 Å². The molecule has 1 aliphatic heterocycles. The molecule has 1 aliphatic rings. The summed E-state index contributed by atoms with van der Waals surface area (Å²) in [4.78, 5) is 42.0. The average molecular weight is 474 g/mol. The maximum atomic E-state index is 13.8. The third-order valence-electron chi connectivity index (χ3n) is 5.93. The predicted molar refractivity (Wildman–Crippen MR) is 132 cm³/mol. The van der Waals surface area contributed by atoms with Gasteiger partial charge in [-0.2, -0.15) is 0 Å². The first kappa shape index (κ1) is 23.8. The van der Waals surface area contributed by atoms with Crippen molar-refractivity contribution >= 4 is 40.6 Å². The Morgan fingerprint density at radius 2 is 1.83 bits per heavy atom. The minimum Gasteiger partial charge on any atom is -0.481 e. The van der Waals surface area contributed by atoms with Crippen LogP contribution in [0.2, 0.25) is 0 Å². The van der Waals surface area contributed by atoms with Crippen LogP contribution in [0.3, 0.4) is 0 Å². The summed E-state index contributed by atoms with van der Waals surface area (Å²) in [6, 6.07) is 18.5. The second-order valence-corrected chi connectivity index (χ2v) is 8.34. The average Bonchev–Trinajstić information content (AvgIpc) is 3.15. The number of hydrogen-bond donors (Lipinski definition) is 2. The molecule has 0 aliphatic carbocycles. The molecule has 3 aromatic rings. The molecule has 0 fully saturated rings. The van der Waals surface area contributed by atoms with E-state index in [4.69, 9.17) is 10.1 Å². The van der Waals surface area contributed by atoms with Gasteiger partial charge in [0, 0.05) is 31.8 Å². The molecular formula is C27H24FN3O4. The van der Waals surface area contributed by atoms with Gasteiger partial charge in [0.2, 0.25) is 11.8 Å². The Hall–Kier alpha value is -4.33. The zero-order chi connectivity index (χ0) is 25.1. The lowest BCUT2D eigenvalue weighted by molar-refractivity contribution is -0.137. The standard InChI is InChI=1S/C27H24FN3O4/c1-16(32)31(2)21-10-8-20(9-11-21)29-26(18-5-3-4-17(14-18)6-13-24(33)34)25-22-12-7-19(28)15-23(22)30-27(25)35/h3-5,7-12,14-15,25H,6,13H2,1-2H3,(H,30,35)(H,33,34). The number of fused-ring (bicyclic) bond motifs is 1. The van der Waals surface area contributed by atoms with Crippen LogP contribution in [0.1, 0.15) is 36.0 Å². The van der Waals surface area contributed by atoms with E-state index in [2.05, 4.69) is 5.32 Å². The Bertz CT molecular complexity index is 1330. The Balaban J connectivity index is 1.80. The number of carbonyl (C=O) groups is 3. The van der Waals surface area contributed by atoms with Gasteiger partial charge in [-0.05, 0) is 65.6 Å². The number of nitrogens with zero attached hydrogens (tertiary/aromatic N) is 2. The van der Waals surface area contributed by atoms with Crippen LogP contribution in [0.4, 0.5) is 21.5 Å². The van der Waals surface area contributed by atoms with Gasteiger partial charge in [0.15, 0.2) is 0 Å². The largest absolute Gasteiger partial charge is 0.481 e. The molecule has 35 heavy (non-hydrogen) atoms. The second kappa shape index (κ2) is 9.89. The number of nitrogens with one attached hydrogen (secondary N) is 1. The number of carboxylic acids is 1. The second-order valence-electron chi connectivity index (χ2n) is 8.34. The first-order valence-corrected chi connectivity index (χ1v) is 11.1. The van der Waals surface area contributed by atoms with E-state index >= 15 is 0 Å². The maximum absolute atomic E-state index is 13.8. The molecule has 8 heteroatoms. The van der Waals surface area contributed by atoms with Crippen LogP contribution in [-0.4, -0.2) is 35.6 Å². The lowest BCUT2D eigenvalue weighted by Crippen LogP contribution is -2.22. The van der Waals surface area contributed by atoms with Crippen molar-refractivity contribution in [2.45, 2.75) is 25.7 Å². The Morgan fingerprint density at radius 3 is 2.51 bits per heavy atom. The highest BCUT2D eigenvalue weighted by atomic mass is 19.1. The number of aliphatic carboxylic acids is 1. The molecule has 0 spiro atoms. The normalized spacial score (nSPS) is 14.9. The van der Waals surface area contributed by atoms with Gasteiger partial charge in [-0.25, -0.2) is 4.39 Å². The van der Waals surface area contributed by atoms with E-state index in [9.17, 15) is 18.8 Å². The molecule has 0 aromatic heterocycles. The summed E-state index contributed by atoms with van der Waals surface area (Å²) in [6.07, 6.45) is 0.314. The minimum absolute atomic E-state index is 0.0208. The number of carboxylic acid groups (broad SMARTS) is 1. The van der Waals surface area contributed by atoms with E-state index in [1.807, 2.05) is 18.2 Å². The third-order valence-corrected chi connectivity index (χ3v) is 5.93. The summed E-state index contributed by atoms with van der Waals surface area (Å²) in [7, 11) is 1.67. The number of aryl methyl sites for hydroxylation is 1. The van der Waals surface area contributed by atoms with E-state index in [0.717, 1.165) is 5.56 Å². The monoisotopic (exact) mass is 473 g/mol. The van der Waals surface area contributed by atoms with Gasteiger partial charge in [-0.3, -0.25) is 19.4 Å². The summed E-state index contributed by atoms with van der Waals surface area (Å²) in [6.45, 7) is 1.47. The van der Waals surface area contributed by atoms with Crippen LogP contribution in [-0.2, 0) is 20.8 Å². The number of aliphatic imine (C=N–C) groups is 1. The fourth-order valence-electron chi connectivity index (χ4n) is 4.01. The van der Waals surface area contributed by atoms with Crippen molar-refractivity contribution in [1.29, 1.82) is 0 Å². The van der Waals surface area contributed by atoms with E-state index in [-0.39, 0.29) is 18.2 Å². The maximum Gasteiger partial charge on any atom is 0.303 e. The van der Waals surface area contributed by atoms with Crippen LogP contribution in [0.5, 0.6) is 0 Å². The molecule has 1 heterocycles. The summed E-state index contributed by atoms with van der Waals surface area (Å²) in [5, 5.41) is 11.8. The Labute approximate surface area is 201 Å². The molecule has 4 rings (SSSR count). The lowest BCUT2D eigenvalue weighted by Gasteiger charge is -2.16. The summed E-state index contributed by atoms with van der Waals surface area (Å²) < 4.78 is 13.8. The van der Waals surface area contributed by atoms with Crippen molar-refractivity contribution in [1.82, 2.24) is 0 Å². The zero-order valence-electron chi connectivity index (χ0n) is 19.3. The highest BCUT2D eigenvalue weighted by Crippen LogP contribution is 2.37. The number of carbonyl (C=O) groups excluding carboxylic acids is 2. The quantitative estimate of drug-likeness (QED) is 0.487. The van der Waals surface area contributed by atoms with E-state index < -0.39 is 17.7 Å². The van der Waals surface area contributed by atoms with Gasteiger partial charge >= 0.3 is 5.97 Å². The molecule has 2 amide bonds. The first-order valence-electron chi connectivity index (χ1n) is 11.1. The topological polar surface area (TPSA) is 99.1 Å². The van der Waals surface area contributed by atoms with Gasteiger partial charge in [0.25, 0.3) is 0 Å². The zero-order valence-corrected chi connectivity index (χ0v) is 19.3. The molecule has 7 nitrogen and oxygen atoms in total. The van der Waals surface area contributed by atoms with Crippen LogP contribution in [0, 0.1) is 5.82 Å². The predicted octanol–water partition coefficient (Wildman–Crippen LogP) is 4.68. The summed E-state index contributed by atoms with van der Waals surface area (Å²) in [5.41, 5.74) is 4.20. The molecule has 178 valence electrons. The van der Waals surface area contributed by atoms with E-state index in [1.165, 1.54) is 24.0 Å². The number of amides is 2. The van der Waals surface area contributed by atoms with Crippen molar-refractivity contribution in [2.24, 2.45) is 4.99 Å². The molecule has 0 saturated heterocycles. The van der Waals surface area contributed by atoms with Crippen molar-refractivity contribution in [3.05, 3.63) is 89.2 Å². The van der Waals surface area contributed by atoms with Crippen LogP contribution in [0.25, 0.3) is 0 Å². The lowest BCUT2D eigenvalue weighted by atomic mass is 9.89. The summed E-state index contributed by atoms with van der Waals surface area (Å²) >= 11 is 0. The molecule has 3 aromatic carbocycles. The number of hydrogen-bond acceptors (Lipinski definition) is 4. The number of rotatable bonds is 7. The molecule has 1 atom stereocenters. The van der Waals surface area contributed by atoms with Crippen LogP contribution >= 0.6 is 0 Å². The highest BCUT2D eigenvalue weighted by molar-refractivity contribution is 6.24. The van der Waals surface area contributed by atoms with Gasteiger partial charge in [0.05, 0.1) is 11.4 Å².